The highest BCUT2D eigenvalue weighted by Gasteiger charge is 2.31. The molecular formula is C17H21F3N2O2. The highest BCUT2D eigenvalue weighted by atomic mass is 19.4. The fraction of sp³-hybridized carbons (Fsp3) is 0.471. The molecule has 2 rings (SSSR count). The Balaban J connectivity index is 2.06. The maximum Gasteiger partial charge on any atom is 0.573 e. The van der Waals surface area contributed by atoms with Gasteiger partial charge >= 0.3 is 6.36 Å². The number of likely N-dealkylation sites (tertiary alicyclic amines) is 1. The fourth-order valence-corrected chi connectivity index (χ4v) is 2.74. The number of amides is 1. The summed E-state index contributed by atoms with van der Waals surface area (Å²) in [4.78, 5) is 14.0. The second-order valence-electron chi connectivity index (χ2n) is 5.96. The Morgan fingerprint density at radius 1 is 1.42 bits per heavy atom. The summed E-state index contributed by atoms with van der Waals surface area (Å²) in [7, 11) is 0. The summed E-state index contributed by atoms with van der Waals surface area (Å²) in [5.41, 5.74) is 6.09. The predicted molar refractivity (Wildman–Crippen MR) is 85.1 cm³/mol. The number of nitrogens with two attached hydrogens (primary N) is 1. The summed E-state index contributed by atoms with van der Waals surface area (Å²) < 4.78 is 41.2. The van der Waals surface area contributed by atoms with E-state index < -0.39 is 6.36 Å². The van der Waals surface area contributed by atoms with Gasteiger partial charge in [0.1, 0.15) is 5.75 Å². The SMILES string of the molecule is CC(N)C1CCCN(C(=O)C=Cc2ccccc2OC(F)(F)F)C1. The Hall–Kier alpha value is -2.02. The van der Waals surface area contributed by atoms with Gasteiger partial charge in [-0.2, -0.15) is 0 Å². The van der Waals surface area contributed by atoms with Crippen molar-refractivity contribution in [3.63, 3.8) is 0 Å². The normalized spacial score (nSPS) is 20.2. The Bertz CT molecular complexity index is 600. The van der Waals surface area contributed by atoms with Crippen LogP contribution in [0.4, 0.5) is 13.2 Å². The topological polar surface area (TPSA) is 55.6 Å². The molecule has 1 fully saturated rings. The standard InChI is InChI=1S/C17H21F3N2O2/c1-12(21)14-6-4-10-22(11-14)16(23)9-8-13-5-2-3-7-15(13)24-17(18,19)20/h2-3,5,7-9,12,14H,4,6,10-11,21H2,1H3. The Morgan fingerprint density at radius 2 is 2.12 bits per heavy atom. The number of benzene rings is 1. The number of piperidine rings is 1. The van der Waals surface area contributed by atoms with Crippen LogP contribution in [0.2, 0.25) is 0 Å². The van der Waals surface area contributed by atoms with Crippen molar-refractivity contribution in [1.82, 2.24) is 4.90 Å². The number of para-hydroxylation sites is 1. The monoisotopic (exact) mass is 342 g/mol. The molecule has 1 aliphatic heterocycles. The van der Waals surface area contributed by atoms with Crippen LogP contribution in [0.5, 0.6) is 5.75 Å². The van der Waals surface area contributed by atoms with E-state index >= 15 is 0 Å². The molecule has 2 N–H and O–H groups in total. The van der Waals surface area contributed by atoms with Crippen molar-refractivity contribution in [2.45, 2.75) is 32.2 Å². The number of ether oxygens (including phenoxy) is 1. The van der Waals surface area contributed by atoms with Gasteiger partial charge in [-0.05, 0) is 37.8 Å². The van der Waals surface area contributed by atoms with Crippen molar-refractivity contribution in [2.75, 3.05) is 13.1 Å². The zero-order valence-corrected chi connectivity index (χ0v) is 13.4. The highest BCUT2D eigenvalue weighted by molar-refractivity contribution is 5.92. The van der Waals surface area contributed by atoms with Gasteiger partial charge in [-0.15, -0.1) is 13.2 Å². The van der Waals surface area contributed by atoms with Crippen LogP contribution >= 0.6 is 0 Å². The lowest BCUT2D eigenvalue weighted by molar-refractivity contribution is -0.274. The average molecular weight is 342 g/mol. The third kappa shape index (κ3) is 5.26. The van der Waals surface area contributed by atoms with E-state index in [0.717, 1.165) is 12.8 Å². The third-order valence-corrected chi connectivity index (χ3v) is 4.06. The van der Waals surface area contributed by atoms with Crippen LogP contribution in [0.25, 0.3) is 6.08 Å². The van der Waals surface area contributed by atoms with E-state index in [2.05, 4.69) is 4.74 Å². The second-order valence-corrected chi connectivity index (χ2v) is 5.96. The molecule has 0 spiro atoms. The summed E-state index contributed by atoms with van der Waals surface area (Å²) in [5.74, 6) is -0.319. The summed E-state index contributed by atoms with van der Waals surface area (Å²) in [6, 6.07) is 5.71. The molecule has 7 heteroatoms. The van der Waals surface area contributed by atoms with Gasteiger partial charge in [0, 0.05) is 30.8 Å². The molecule has 0 aromatic heterocycles. The molecule has 1 aromatic carbocycles. The molecule has 1 aliphatic rings. The number of carbonyl (C=O) groups is 1. The van der Waals surface area contributed by atoms with Crippen molar-refractivity contribution < 1.29 is 22.7 Å². The number of hydrogen-bond donors (Lipinski definition) is 1. The van der Waals surface area contributed by atoms with E-state index in [-0.39, 0.29) is 29.2 Å². The van der Waals surface area contributed by atoms with E-state index in [0.29, 0.717) is 13.1 Å². The Labute approximate surface area is 139 Å². The van der Waals surface area contributed by atoms with Crippen LogP contribution in [0.1, 0.15) is 25.3 Å². The molecule has 1 heterocycles. The minimum atomic E-state index is -4.77. The van der Waals surface area contributed by atoms with Crippen LogP contribution in [0, 0.1) is 5.92 Å². The van der Waals surface area contributed by atoms with Crippen LogP contribution in [-0.4, -0.2) is 36.3 Å². The minimum Gasteiger partial charge on any atom is -0.405 e. The number of rotatable bonds is 4. The summed E-state index contributed by atoms with van der Waals surface area (Å²) in [6.45, 7) is 3.12. The molecular weight excluding hydrogens is 321 g/mol. The number of nitrogens with zero attached hydrogens (tertiary/aromatic N) is 1. The van der Waals surface area contributed by atoms with E-state index in [1.165, 1.54) is 30.4 Å². The zero-order chi connectivity index (χ0) is 17.7. The molecule has 0 aliphatic carbocycles. The number of hydrogen-bond acceptors (Lipinski definition) is 3. The fourth-order valence-electron chi connectivity index (χ4n) is 2.74. The highest BCUT2D eigenvalue weighted by Crippen LogP contribution is 2.27. The molecule has 2 atom stereocenters. The predicted octanol–water partition coefficient (Wildman–Crippen LogP) is 3.18. The lowest BCUT2D eigenvalue weighted by atomic mass is 9.92. The van der Waals surface area contributed by atoms with Crippen LogP contribution in [-0.2, 0) is 4.79 Å². The number of carbonyl (C=O) groups excluding carboxylic acids is 1. The summed E-state index contributed by atoms with van der Waals surface area (Å²) in [5, 5.41) is 0. The Morgan fingerprint density at radius 3 is 2.79 bits per heavy atom. The molecule has 1 aromatic rings. The van der Waals surface area contributed by atoms with Crippen LogP contribution in [0.3, 0.4) is 0 Å². The molecule has 1 amide bonds. The van der Waals surface area contributed by atoms with Gasteiger partial charge < -0.3 is 15.4 Å². The third-order valence-electron chi connectivity index (χ3n) is 4.06. The van der Waals surface area contributed by atoms with Gasteiger partial charge in [0.2, 0.25) is 5.91 Å². The van der Waals surface area contributed by atoms with Crippen molar-refractivity contribution in [3.05, 3.63) is 35.9 Å². The van der Waals surface area contributed by atoms with Gasteiger partial charge in [-0.25, -0.2) is 0 Å². The van der Waals surface area contributed by atoms with E-state index in [9.17, 15) is 18.0 Å². The first kappa shape index (κ1) is 18.3. The number of halogens is 3. The van der Waals surface area contributed by atoms with Gasteiger partial charge in [0.05, 0.1) is 0 Å². The maximum absolute atomic E-state index is 12.4. The maximum atomic E-state index is 12.4. The zero-order valence-electron chi connectivity index (χ0n) is 13.4. The molecule has 2 unspecified atom stereocenters. The van der Waals surface area contributed by atoms with Crippen molar-refractivity contribution >= 4 is 12.0 Å². The van der Waals surface area contributed by atoms with Gasteiger partial charge in [-0.1, -0.05) is 18.2 Å². The summed E-state index contributed by atoms with van der Waals surface area (Å²) in [6.07, 6.45) is -0.292. The first-order chi connectivity index (χ1) is 11.3. The Kier molecular flexibility index (Phi) is 5.88. The van der Waals surface area contributed by atoms with Crippen LogP contribution < -0.4 is 10.5 Å². The van der Waals surface area contributed by atoms with Crippen molar-refractivity contribution in [2.24, 2.45) is 11.7 Å². The van der Waals surface area contributed by atoms with Crippen molar-refractivity contribution in [1.29, 1.82) is 0 Å². The lowest BCUT2D eigenvalue weighted by Crippen LogP contribution is -2.44. The van der Waals surface area contributed by atoms with E-state index in [4.69, 9.17) is 5.73 Å². The van der Waals surface area contributed by atoms with Gasteiger partial charge in [0.25, 0.3) is 0 Å². The summed E-state index contributed by atoms with van der Waals surface area (Å²) >= 11 is 0. The molecule has 0 saturated carbocycles. The smallest absolute Gasteiger partial charge is 0.405 e. The minimum absolute atomic E-state index is 0.00508. The molecule has 132 valence electrons. The van der Waals surface area contributed by atoms with E-state index in [1.54, 1.807) is 11.0 Å². The largest absolute Gasteiger partial charge is 0.573 e. The van der Waals surface area contributed by atoms with Gasteiger partial charge in [0.15, 0.2) is 0 Å². The van der Waals surface area contributed by atoms with Gasteiger partial charge in [-0.3, -0.25) is 4.79 Å². The quantitative estimate of drug-likeness (QED) is 0.855. The van der Waals surface area contributed by atoms with Crippen LogP contribution in [0.15, 0.2) is 30.3 Å². The molecule has 0 radical (unpaired) electrons. The lowest BCUT2D eigenvalue weighted by Gasteiger charge is -2.34. The van der Waals surface area contributed by atoms with E-state index in [1.807, 2.05) is 6.92 Å². The number of alkyl halides is 3. The molecule has 4 nitrogen and oxygen atoms in total. The first-order valence-electron chi connectivity index (χ1n) is 7.83. The second kappa shape index (κ2) is 7.70. The average Bonchev–Trinajstić information content (AvgIpc) is 2.52. The molecule has 1 saturated heterocycles. The van der Waals surface area contributed by atoms with Crippen molar-refractivity contribution in [3.8, 4) is 5.75 Å². The molecule has 0 bridgehead atoms. The molecule has 24 heavy (non-hydrogen) atoms. The first-order valence-corrected chi connectivity index (χ1v) is 7.83.